The summed E-state index contributed by atoms with van der Waals surface area (Å²) in [4.78, 5) is 15.3. The van der Waals surface area contributed by atoms with E-state index >= 15 is 0 Å². The molecule has 1 rings (SSSR count). The minimum atomic E-state index is 0.174. The second-order valence-corrected chi connectivity index (χ2v) is 6.55. The lowest BCUT2D eigenvalue weighted by molar-refractivity contribution is -0.128. The molecular weight excluding hydrogens is 252 g/mol. The number of rotatable bonds is 3. The Bertz CT molecular complexity index is 274. The largest absolute Gasteiger partial charge is 0.358 e. The van der Waals surface area contributed by atoms with Crippen LogP contribution in [0.25, 0.3) is 0 Å². The van der Waals surface area contributed by atoms with E-state index in [0.29, 0.717) is 6.42 Å². The molecule has 1 amide bonds. The van der Waals surface area contributed by atoms with Gasteiger partial charge in [0.25, 0.3) is 0 Å². The lowest BCUT2D eigenvalue weighted by Gasteiger charge is -2.31. The minimum absolute atomic E-state index is 0.174. The van der Waals surface area contributed by atoms with Crippen LogP contribution in [0.1, 0.15) is 26.2 Å². The van der Waals surface area contributed by atoms with Crippen molar-refractivity contribution in [3.8, 4) is 0 Å². The fourth-order valence-electron chi connectivity index (χ4n) is 1.73. The van der Waals surface area contributed by atoms with E-state index < -0.39 is 0 Å². The van der Waals surface area contributed by atoms with Gasteiger partial charge in [0, 0.05) is 39.4 Å². The molecule has 1 fully saturated rings. The number of nitrogens with zero attached hydrogens (tertiary/aromatic N) is 2. The van der Waals surface area contributed by atoms with Crippen molar-refractivity contribution >= 4 is 34.2 Å². The average molecular weight is 274 g/mol. The van der Waals surface area contributed by atoms with E-state index in [-0.39, 0.29) is 5.91 Å². The van der Waals surface area contributed by atoms with Crippen molar-refractivity contribution in [1.82, 2.24) is 9.80 Å². The third-order valence-corrected chi connectivity index (χ3v) is 4.61. The van der Waals surface area contributed by atoms with Crippen LogP contribution in [-0.4, -0.2) is 53.0 Å². The van der Waals surface area contributed by atoms with Gasteiger partial charge in [-0.05, 0) is 18.8 Å². The molecule has 0 N–H and O–H groups in total. The summed E-state index contributed by atoms with van der Waals surface area (Å²) in [6.45, 7) is 4.45. The predicted octanol–water partition coefficient (Wildman–Crippen LogP) is 2.21. The van der Waals surface area contributed by atoms with Gasteiger partial charge in [-0.3, -0.25) is 4.79 Å². The number of amides is 1. The van der Waals surface area contributed by atoms with Crippen LogP contribution in [0.15, 0.2) is 0 Å². The molecule has 0 spiro atoms. The molecule has 0 aromatic rings. The summed E-state index contributed by atoms with van der Waals surface area (Å²) in [6, 6.07) is 0. The SMILES string of the molecule is CC1CCN(C(=S)SCCC(=O)N(C)C)CC1. The second-order valence-electron chi connectivity index (χ2n) is 4.82. The molecule has 0 bridgehead atoms. The third kappa shape index (κ3) is 5.25. The molecule has 0 radical (unpaired) electrons. The molecule has 1 heterocycles. The number of piperidine rings is 1. The summed E-state index contributed by atoms with van der Waals surface area (Å²) in [5, 5.41) is 0. The van der Waals surface area contributed by atoms with E-state index in [1.165, 1.54) is 12.8 Å². The smallest absolute Gasteiger partial charge is 0.222 e. The molecule has 0 aliphatic carbocycles. The molecule has 17 heavy (non-hydrogen) atoms. The van der Waals surface area contributed by atoms with E-state index in [1.54, 1.807) is 30.8 Å². The van der Waals surface area contributed by atoms with Crippen molar-refractivity contribution in [2.75, 3.05) is 32.9 Å². The Labute approximate surface area is 114 Å². The Kier molecular flexibility index (Phi) is 6.27. The van der Waals surface area contributed by atoms with Crippen molar-refractivity contribution in [2.45, 2.75) is 26.2 Å². The molecule has 0 aromatic heterocycles. The lowest BCUT2D eigenvalue weighted by atomic mass is 10.00. The molecule has 1 aliphatic heterocycles. The van der Waals surface area contributed by atoms with Gasteiger partial charge < -0.3 is 9.80 Å². The van der Waals surface area contributed by atoms with Gasteiger partial charge in [-0.15, -0.1) is 0 Å². The van der Waals surface area contributed by atoms with E-state index in [0.717, 1.165) is 29.1 Å². The highest BCUT2D eigenvalue weighted by molar-refractivity contribution is 8.22. The number of hydrogen-bond acceptors (Lipinski definition) is 3. The summed E-state index contributed by atoms with van der Waals surface area (Å²) >= 11 is 7.03. The molecule has 0 unspecified atom stereocenters. The summed E-state index contributed by atoms with van der Waals surface area (Å²) < 4.78 is 0.962. The van der Waals surface area contributed by atoms with Crippen LogP contribution in [-0.2, 0) is 4.79 Å². The van der Waals surface area contributed by atoms with Crippen molar-refractivity contribution < 1.29 is 4.79 Å². The maximum atomic E-state index is 11.4. The molecule has 0 atom stereocenters. The highest BCUT2D eigenvalue weighted by Gasteiger charge is 2.18. The number of hydrogen-bond donors (Lipinski definition) is 0. The van der Waals surface area contributed by atoms with Crippen molar-refractivity contribution in [3.05, 3.63) is 0 Å². The molecule has 3 nitrogen and oxygen atoms in total. The van der Waals surface area contributed by atoms with Crippen LogP contribution in [0.2, 0.25) is 0 Å². The molecular formula is C12H22N2OS2. The topological polar surface area (TPSA) is 23.6 Å². The minimum Gasteiger partial charge on any atom is -0.358 e. The fourth-order valence-corrected chi connectivity index (χ4v) is 2.98. The van der Waals surface area contributed by atoms with Gasteiger partial charge in [0.15, 0.2) is 0 Å². The zero-order chi connectivity index (χ0) is 12.8. The third-order valence-electron chi connectivity index (χ3n) is 3.08. The van der Waals surface area contributed by atoms with Crippen LogP contribution in [0.5, 0.6) is 0 Å². The predicted molar refractivity (Wildman–Crippen MR) is 78.3 cm³/mol. The van der Waals surface area contributed by atoms with E-state index in [9.17, 15) is 4.79 Å². The van der Waals surface area contributed by atoms with Crippen LogP contribution < -0.4 is 0 Å². The second kappa shape index (κ2) is 7.21. The Hall–Kier alpha value is -0.290. The highest BCUT2D eigenvalue weighted by Crippen LogP contribution is 2.20. The zero-order valence-electron chi connectivity index (χ0n) is 10.9. The number of thioether (sulfide) groups is 1. The van der Waals surface area contributed by atoms with Crippen molar-refractivity contribution in [1.29, 1.82) is 0 Å². The molecule has 98 valence electrons. The number of thiocarbonyl (C=S) groups is 1. The normalized spacial score (nSPS) is 17.0. The first-order valence-electron chi connectivity index (χ1n) is 6.12. The maximum Gasteiger partial charge on any atom is 0.222 e. The first kappa shape index (κ1) is 14.8. The van der Waals surface area contributed by atoms with Crippen molar-refractivity contribution in [2.24, 2.45) is 5.92 Å². The van der Waals surface area contributed by atoms with Gasteiger partial charge in [-0.1, -0.05) is 30.9 Å². The van der Waals surface area contributed by atoms with Gasteiger partial charge in [-0.25, -0.2) is 0 Å². The fraction of sp³-hybridized carbons (Fsp3) is 0.833. The monoisotopic (exact) mass is 274 g/mol. The quantitative estimate of drug-likeness (QED) is 0.736. The Balaban J connectivity index is 2.19. The van der Waals surface area contributed by atoms with E-state index in [4.69, 9.17) is 12.2 Å². The number of carbonyl (C=O) groups excluding carboxylic acids is 1. The van der Waals surface area contributed by atoms with Crippen LogP contribution in [0, 0.1) is 5.92 Å². The Morgan fingerprint density at radius 2 is 2.00 bits per heavy atom. The lowest BCUT2D eigenvalue weighted by Crippen LogP contribution is -2.35. The summed E-state index contributed by atoms with van der Waals surface area (Å²) in [7, 11) is 3.58. The van der Waals surface area contributed by atoms with Gasteiger partial charge in [0.1, 0.15) is 4.32 Å². The average Bonchev–Trinajstić information content (AvgIpc) is 2.29. The molecule has 0 saturated carbocycles. The zero-order valence-corrected chi connectivity index (χ0v) is 12.6. The first-order valence-corrected chi connectivity index (χ1v) is 7.52. The Morgan fingerprint density at radius 1 is 1.41 bits per heavy atom. The van der Waals surface area contributed by atoms with Gasteiger partial charge >= 0.3 is 0 Å². The van der Waals surface area contributed by atoms with Gasteiger partial charge in [0.05, 0.1) is 0 Å². The highest BCUT2D eigenvalue weighted by atomic mass is 32.2. The Morgan fingerprint density at radius 3 is 2.53 bits per heavy atom. The van der Waals surface area contributed by atoms with Gasteiger partial charge in [0.2, 0.25) is 5.91 Å². The maximum absolute atomic E-state index is 11.4. The summed E-state index contributed by atoms with van der Waals surface area (Å²) in [5.41, 5.74) is 0. The summed E-state index contributed by atoms with van der Waals surface area (Å²) in [5.74, 6) is 1.80. The van der Waals surface area contributed by atoms with E-state index in [1.807, 2.05) is 0 Å². The molecule has 0 aromatic carbocycles. The van der Waals surface area contributed by atoms with Crippen LogP contribution in [0.3, 0.4) is 0 Å². The van der Waals surface area contributed by atoms with Crippen LogP contribution in [0.4, 0.5) is 0 Å². The number of carbonyl (C=O) groups is 1. The first-order chi connectivity index (χ1) is 8.00. The summed E-state index contributed by atoms with van der Waals surface area (Å²) in [6.07, 6.45) is 3.04. The van der Waals surface area contributed by atoms with Crippen molar-refractivity contribution in [3.63, 3.8) is 0 Å². The van der Waals surface area contributed by atoms with Crippen LogP contribution >= 0.6 is 24.0 Å². The number of likely N-dealkylation sites (tertiary alicyclic amines) is 1. The molecule has 1 saturated heterocycles. The molecule has 1 aliphatic rings. The standard InChI is InChI=1S/C12H22N2OS2/c1-10-4-7-14(8-5-10)12(16)17-9-6-11(15)13(2)3/h10H,4-9H2,1-3H3. The van der Waals surface area contributed by atoms with Gasteiger partial charge in [-0.2, -0.15) is 0 Å². The molecule has 5 heteroatoms. The van der Waals surface area contributed by atoms with E-state index in [2.05, 4.69) is 11.8 Å².